The van der Waals surface area contributed by atoms with Crippen LogP contribution in [0.2, 0.25) is 5.02 Å². The molecule has 0 bridgehead atoms. The second kappa shape index (κ2) is 7.55. The number of nitrogens with zero attached hydrogens (tertiary/aromatic N) is 2. The zero-order valence-electron chi connectivity index (χ0n) is 15.8. The number of anilines is 2. The number of carbonyl (C=O) groups excluding carboxylic acids is 2. The number of fused-ring (bicyclic) bond motifs is 3. The van der Waals surface area contributed by atoms with E-state index in [4.69, 9.17) is 11.6 Å². The molecule has 31 heavy (non-hydrogen) atoms. The molecule has 0 atom stereocenters. The van der Waals surface area contributed by atoms with Crippen LogP contribution in [0.15, 0.2) is 42.9 Å². The smallest absolute Gasteiger partial charge is 0.351 e. The van der Waals surface area contributed by atoms with Crippen molar-refractivity contribution in [1.82, 2.24) is 15.0 Å². The minimum absolute atomic E-state index is 0.145. The molecule has 0 aliphatic carbocycles. The highest BCUT2D eigenvalue weighted by molar-refractivity contribution is 6.33. The molecule has 11 heteroatoms. The first-order valence-corrected chi connectivity index (χ1v) is 9.23. The van der Waals surface area contributed by atoms with Gasteiger partial charge < -0.3 is 15.6 Å². The Hall–Kier alpha value is -3.66. The Bertz CT molecular complexity index is 1350. The molecule has 0 unspecified atom stereocenters. The van der Waals surface area contributed by atoms with Gasteiger partial charge in [0.1, 0.15) is 0 Å². The molecule has 0 saturated carbocycles. The van der Waals surface area contributed by atoms with E-state index in [1.54, 1.807) is 25.3 Å². The van der Waals surface area contributed by atoms with E-state index in [0.717, 1.165) is 6.20 Å². The largest absolute Gasteiger partial charge is 0.471 e. The van der Waals surface area contributed by atoms with E-state index in [-0.39, 0.29) is 16.1 Å². The molecule has 0 fully saturated rings. The number of H-pyrrole nitrogens is 1. The number of halogens is 4. The summed E-state index contributed by atoms with van der Waals surface area (Å²) in [6, 6.07) is 6.26. The molecular weight excluding hydrogens is 435 g/mol. The van der Waals surface area contributed by atoms with E-state index in [2.05, 4.69) is 20.3 Å². The lowest BCUT2D eigenvalue weighted by Gasteiger charge is -2.10. The number of amides is 2. The predicted molar refractivity (Wildman–Crippen MR) is 110 cm³/mol. The SMILES string of the molecule is Cc1ncccc1C(=O)Nc1cc(Cl)cc2c1[nH]c1cncc(NC(=O)C(F)(F)F)c12. The Morgan fingerprint density at radius 3 is 2.61 bits per heavy atom. The van der Waals surface area contributed by atoms with Gasteiger partial charge in [0.25, 0.3) is 5.91 Å². The van der Waals surface area contributed by atoms with Crippen LogP contribution < -0.4 is 10.6 Å². The van der Waals surface area contributed by atoms with Crippen LogP contribution in [-0.4, -0.2) is 32.9 Å². The maximum Gasteiger partial charge on any atom is 0.471 e. The standard InChI is InChI=1S/C20H13ClF3N5O2/c1-9-11(3-2-4-26-9)18(30)28-13-6-10(21)5-12-16-14(27-17(12)13)7-25-8-15(16)29-19(31)20(22,23)24/h2-8,27H,1H3,(H,28,30)(H,29,31). The maximum absolute atomic E-state index is 12.7. The highest BCUT2D eigenvalue weighted by atomic mass is 35.5. The molecule has 3 N–H and O–H groups in total. The zero-order chi connectivity index (χ0) is 22.3. The van der Waals surface area contributed by atoms with Gasteiger partial charge >= 0.3 is 12.1 Å². The minimum atomic E-state index is -5.06. The molecule has 0 saturated heterocycles. The molecule has 0 aliphatic rings. The van der Waals surface area contributed by atoms with Crippen molar-refractivity contribution in [3.63, 3.8) is 0 Å². The number of alkyl halides is 3. The Morgan fingerprint density at radius 1 is 1.13 bits per heavy atom. The monoisotopic (exact) mass is 447 g/mol. The topological polar surface area (TPSA) is 99.8 Å². The molecule has 4 aromatic rings. The number of hydrogen-bond donors (Lipinski definition) is 3. The predicted octanol–water partition coefficient (Wildman–Crippen LogP) is 4.83. The van der Waals surface area contributed by atoms with Gasteiger partial charge in [-0.2, -0.15) is 13.2 Å². The molecule has 0 spiro atoms. The number of benzene rings is 1. The third kappa shape index (κ3) is 3.89. The second-order valence-electron chi connectivity index (χ2n) is 6.65. The highest BCUT2D eigenvalue weighted by Gasteiger charge is 2.39. The number of carbonyl (C=O) groups is 2. The van der Waals surface area contributed by atoms with Crippen molar-refractivity contribution in [1.29, 1.82) is 0 Å². The third-order valence-corrected chi connectivity index (χ3v) is 4.80. The van der Waals surface area contributed by atoms with Crippen molar-refractivity contribution in [3.8, 4) is 0 Å². The summed E-state index contributed by atoms with van der Waals surface area (Å²) >= 11 is 6.21. The Labute approximate surface area is 177 Å². The Morgan fingerprint density at radius 2 is 1.90 bits per heavy atom. The van der Waals surface area contributed by atoms with Gasteiger partial charge in [-0.05, 0) is 31.2 Å². The quantitative estimate of drug-likeness (QED) is 0.419. The van der Waals surface area contributed by atoms with Gasteiger partial charge in [0.2, 0.25) is 0 Å². The molecule has 0 radical (unpaired) electrons. The van der Waals surface area contributed by atoms with Gasteiger partial charge in [0, 0.05) is 27.7 Å². The Kier molecular flexibility index (Phi) is 5.02. The van der Waals surface area contributed by atoms with Crippen LogP contribution in [-0.2, 0) is 4.79 Å². The first-order chi connectivity index (χ1) is 14.6. The van der Waals surface area contributed by atoms with E-state index in [1.165, 1.54) is 18.3 Å². The number of rotatable bonds is 3. The summed E-state index contributed by atoms with van der Waals surface area (Å²) in [4.78, 5) is 35.1. The number of hydrogen-bond acceptors (Lipinski definition) is 4. The summed E-state index contributed by atoms with van der Waals surface area (Å²) in [5, 5.41) is 5.49. The minimum Gasteiger partial charge on any atom is -0.351 e. The van der Waals surface area contributed by atoms with Gasteiger partial charge in [-0.15, -0.1) is 0 Å². The van der Waals surface area contributed by atoms with E-state index < -0.39 is 18.0 Å². The molecule has 2 amide bonds. The van der Waals surface area contributed by atoms with Crippen molar-refractivity contribution < 1.29 is 22.8 Å². The number of aromatic amines is 1. The first kappa shape index (κ1) is 20.6. The fourth-order valence-electron chi connectivity index (χ4n) is 3.22. The van der Waals surface area contributed by atoms with Gasteiger partial charge in [0.15, 0.2) is 0 Å². The van der Waals surface area contributed by atoms with Gasteiger partial charge in [0.05, 0.1) is 40.4 Å². The van der Waals surface area contributed by atoms with Crippen LogP contribution in [0, 0.1) is 6.92 Å². The summed E-state index contributed by atoms with van der Waals surface area (Å²) < 4.78 is 38.2. The molecule has 7 nitrogen and oxygen atoms in total. The van der Waals surface area contributed by atoms with Gasteiger partial charge in [-0.1, -0.05) is 11.6 Å². The fraction of sp³-hybridized carbons (Fsp3) is 0.100. The van der Waals surface area contributed by atoms with Crippen molar-refractivity contribution >= 4 is 56.6 Å². The number of nitrogens with one attached hydrogen (secondary N) is 3. The summed E-state index contributed by atoms with van der Waals surface area (Å²) in [6.07, 6.45) is -1.00. The van der Waals surface area contributed by atoms with Gasteiger partial charge in [-0.3, -0.25) is 19.6 Å². The van der Waals surface area contributed by atoms with Crippen LogP contribution in [0.25, 0.3) is 21.8 Å². The lowest BCUT2D eigenvalue weighted by Crippen LogP contribution is -2.30. The number of aryl methyl sites for hydroxylation is 1. The van der Waals surface area contributed by atoms with E-state index in [1.807, 2.05) is 5.32 Å². The number of pyridine rings is 2. The summed E-state index contributed by atoms with van der Waals surface area (Å²) in [5.41, 5.74) is 1.80. The average Bonchev–Trinajstić information content (AvgIpc) is 3.07. The number of aromatic nitrogens is 3. The summed E-state index contributed by atoms with van der Waals surface area (Å²) in [7, 11) is 0. The maximum atomic E-state index is 12.7. The lowest BCUT2D eigenvalue weighted by molar-refractivity contribution is -0.167. The van der Waals surface area contributed by atoms with Crippen LogP contribution >= 0.6 is 11.6 Å². The van der Waals surface area contributed by atoms with E-state index >= 15 is 0 Å². The molecule has 4 rings (SSSR count). The van der Waals surface area contributed by atoms with Crippen molar-refractivity contribution in [2.24, 2.45) is 0 Å². The first-order valence-electron chi connectivity index (χ1n) is 8.85. The summed E-state index contributed by atoms with van der Waals surface area (Å²) in [6.45, 7) is 1.69. The normalized spacial score (nSPS) is 11.6. The fourth-order valence-corrected chi connectivity index (χ4v) is 3.44. The molecule has 3 heterocycles. The van der Waals surface area contributed by atoms with Crippen molar-refractivity contribution in [2.45, 2.75) is 13.1 Å². The van der Waals surface area contributed by atoms with Crippen LogP contribution in [0.1, 0.15) is 16.1 Å². The molecule has 0 aliphatic heterocycles. The molecular formula is C20H13ClF3N5O2. The molecule has 1 aromatic carbocycles. The van der Waals surface area contributed by atoms with Crippen molar-refractivity contribution in [2.75, 3.05) is 10.6 Å². The Balaban J connectivity index is 1.83. The second-order valence-corrected chi connectivity index (χ2v) is 7.09. The van der Waals surface area contributed by atoms with Crippen molar-refractivity contribution in [3.05, 3.63) is 59.1 Å². The highest BCUT2D eigenvalue weighted by Crippen LogP contribution is 2.37. The van der Waals surface area contributed by atoms with E-state index in [0.29, 0.717) is 33.4 Å². The zero-order valence-corrected chi connectivity index (χ0v) is 16.5. The lowest BCUT2D eigenvalue weighted by atomic mass is 10.1. The average molecular weight is 448 g/mol. The van der Waals surface area contributed by atoms with E-state index in [9.17, 15) is 22.8 Å². The molecule has 3 aromatic heterocycles. The third-order valence-electron chi connectivity index (χ3n) is 4.58. The summed E-state index contributed by atoms with van der Waals surface area (Å²) in [5.74, 6) is -2.56. The molecule has 158 valence electrons. The van der Waals surface area contributed by atoms with Gasteiger partial charge in [-0.25, -0.2) is 0 Å². The van der Waals surface area contributed by atoms with Crippen LogP contribution in [0.4, 0.5) is 24.5 Å². The van der Waals surface area contributed by atoms with Crippen LogP contribution in [0.5, 0.6) is 0 Å². The van der Waals surface area contributed by atoms with Crippen LogP contribution in [0.3, 0.4) is 0 Å².